The van der Waals surface area contributed by atoms with Crippen LogP contribution in [0.3, 0.4) is 0 Å². The third kappa shape index (κ3) is 2.17. The molecule has 2 N–H and O–H groups in total. The molecule has 0 amide bonds. The van der Waals surface area contributed by atoms with Gasteiger partial charge >= 0.3 is 5.97 Å². The molecule has 0 aliphatic carbocycles. The lowest BCUT2D eigenvalue weighted by Crippen LogP contribution is -2.31. The number of rotatable bonds is 3. The molecular weight excluding hydrogens is 206 g/mol. The average Bonchev–Trinajstić information content (AvgIpc) is 2.78. The summed E-state index contributed by atoms with van der Waals surface area (Å²) in [4.78, 5) is 10.8. The molecule has 0 spiro atoms. The van der Waals surface area contributed by atoms with E-state index < -0.39 is 12.0 Å². The van der Waals surface area contributed by atoms with Crippen molar-refractivity contribution in [3.8, 4) is 5.75 Å². The minimum Gasteiger partial charge on any atom is -0.497 e. The second-order valence-corrected chi connectivity index (χ2v) is 3.96. The Morgan fingerprint density at radius 1 is 1.50 bits per heavy atom. The van der Waals surface area contributed by atoms with Gasteiger partial charge in [-0.15, -0.1) is 0 Å². The highest BCUT2D eigenvalue weighted by atomic mass is 16.5. The second kappa shape index (κ2) is 4.53. The van der Waals surface area contributed by atoms with E-state index in [-0.39, 0.29) is 6.04 Å². The maximum Gasteiger partial charge on any atom is 0.320 e. The maximum atomic E-state index is 10.8. The summed E-state index contributed by atoms with van der Waals surface area (Å²) in [5.41, 5.74) is 1.09. The zero-order valence-corrected chi connectivity index (χ0v) is 9.14. The first kappa shape index (κ1) is 11.0. The Bertz CT molecular complexity index is 392. The quantitative estimate of drug-likeness (QED) is 0.813. The first-order valence-corrected chi connectivity index (χ1v) is 5.33. The van der Waals surface area contributed by atoms with E-state index in [0.717, 1.165) is 17.7 Å². The molecule has 1 aromatic rings. The number of carboxylic acids is 1. The van der Waals surface area contributed by atoms with Gasteiger partial charge in [0.2, 0.25) is 0 Å². The molecule has 2 rings (SSSR count). The number of nitrogens with one attached hydrogen (secondary N) is 1. The lowest BCUT2D eigenvalue weighted by atomic mass is 10.1. The van der Waals surface area contributed by atoms with Gasteiger partial charge in [-0.1, -0.05) is 12.1 Å². The topological polar surface area (TPSA) is 58.6 Å². The molecule has 1 fully saturated rings. The van der Waals surface area contributed by atoms with Crippen molar-refractivity contribution in [2.75, 3.05) is 7.11 Å². The van der Waals surface area contributed by atoms with Crippen molar-refractivity contribution in [1.29, 1.82) is 0 Å². The minimum atomic E-state index is -0.773. The van der Waals surface area contributed by atoms with Crippen molar-refractivity contribution in [2.24, 2.45) is 0 Å². The third-order valence-corrected chi connectivity index (χ3v) is 2.94. The molecule has 1 aromatic carbocycles. The van der Waals surface area contributed by atoms with Gasteiger partial charge in [-0.2, -0.15) is 0 Å². The van der Waals surface area contributed by atoms with Gasteiger partial charge in [0, 0.05) is 6.04 Å². The molecule has 2 atom stereocenters. The van der Waals surface area contributed by atoms with E-state index in [1.165, 1.54) is 0 Å². The van der Waals surface area contributed by atoms with Crippen LogP contribution in [0.5, 0.6) is 5.75 Å². The Kier molecular flexibility index (Phi) is 3.10. The number of aliphatic carboxylic acids is 1. The molecule has 16 heavy (non-hydrogen) atoms. The van der Waals surface area contributed by atoms with Crippen LogP contribution in [0.1, 0.15) is 24.4 Å². The lowest BCUT2D eigenvalue weighted by molar-refractivity contribution is -0.139. The van der Waals surface area contributed by atoms with Gasteiger partial charge in [0.25, 0.3) is 0 Å². The molecule has 0 unspecified atom stereocenters. The monoisotopic (exact) mass is 221 g/mol. The summed E-state index contributed by atoms with van der Waals surface area (Å²) < 4.78 is 5.14. The van der Waals surface area contributed by atoms with Gasteiger partial charge in [-0.05, 0) is 30.5 Å². The van der Waals surface area contributed by atoms with Crippen molar-refractivity contribution < 1.29 is 14.6 Å². The molecule has 0 saturated carbocycles. The second-order valence-electron chi connectivity index (χ2n) is 3.96. The van der Waals surface area contributed by atoms with Crippen LogP contribution in [-0.4, -0.2) is 24.2 Å². The van der Waals surface area contributed by atoms with Crippen molar-refractivity contribution in [1.82, 2.24) is 5.32 Å². The van der Waals surface area contributed by atoms with Crippen LogP contribution in [0.25, 0.3) is 0 Å². The van der Waals surface area contributed by atoms with Crippen LogP contribution in [0.4, 0.5) is 0 Å². The van der Waals surface area contributed by atoms with E-state index in [9.17, 15) is 4.79 Å². The van der Waals surface area contributed by atoms with Gasteiger partial charge in [-0.25, -0.2) is 0 Å². The van der Waals surface area contributed by atoms with Gasteiger partial charge in [0.15, 0.2) is 0 Å². The van der Waals surface area contributed by atoms with E-state index in [1.54, 1.807) is 7.11 Å². The first-order valence-electron chi connectivity index (χ1n) is 5.33. The molecular formula is C12H15NO3. The zero-order chi connectivity index (χ0) is 11.5. The van der Waals surface area contributed by atoms with Crippen LogP contribution in [0.15, 0.2) is 24.3 Å². The smallest absolute Gasteiger partial charge is 0.320 e. The summed E-state index contributed by atoms with van der Waals surface area (Å²) >= 11 is 0. The Balaban J connectivity index is 2.11. The first-order chi connectivity index (χ1) is 7.70. The van der Waals surface area contributed by atoms with Crippen molar-refractivity contribution in [3.63, 3.8) is 0 Å². The Hall–Kier alpha value is -1.55. The maximum absolute atomic E-state index is 10.8. The number of hydrogen-bond donors (Lipinski definition) is 2. The summed E-state index contributed by atoms with van der Waals surface area (Å²) in [5.74, 6) is 0.0310. The van der Waals surface area contributed by atoms with Gasteiger partial charge in [0.1, 0.15) is 11.8 Å². The van der Waals surface area contributed by atoms with Crippen LogP contribution >= 0.6 is 0 Å². The number of ether oxygens (including phenoxy) is 1. The minimum absolute atomic E-state index is 0.121. The summed E-state index contributed by atoms with van der Waals surface area (Å²) in [5, 5.41) is 12.0. The molecule has 1 aliphatic heterocycles. The largest absolute Gasteiger partial charge is 0.497 e. The highest BCUT2D eigenvalue weighted by Gasteiger charge is 2.29. The number of methoxy groups -OCH3 is 1. The normalized spacial score (nSPS) is 24.3. The zero-order valence-electron chi connectivity index (χ0n) is 9.14. The Morgan fingerprint density at radius 3 is 2.94 bits per heavy atom. The Labute approximate surface area is 94.2 Å². The molecule has 4 nitrogen and oxygen atoms in total. The Morgan fingerprint density at radius 2 is 2.31 bits per heavy atom. The molecule has 0 bridgehead atoms. The number of carboxylic acid groups (broad SMARTS) is 1. The predicted octanol–water partition coefficient (Wildman–Crippen LogP) is 1.57. The third-order valence-electron chi connectivity index (χ3n) is 2.94. The molecule has 0 radical (unpaired) electrons. The molecule has 1 aliphatic rings. The van der Waals surface area contributed by atoms with Crippen LogP contribution in [0, 0.1) is 0 Å². The van der Waals surface area contributed by atoms with E-state index in [1.807, 2.05) is 24.3 Å². The van der Waals surface area contributed by atoms with E-state index in [2.05, 4.69) is 5.32 Å². The fraction of sp³-hybridized carbons (Fsp3) is 0.417. The highest BCUT2D eigenvalue weighted by Crippen LogP contribution is 2.28. The van der Waals surface area contributed by atoms with E-state index in [4.69, 9.17) is 9.84 Å². The standard InChI is InChI=1S/C12H15NO3/c1-16-9-4-2-3-8(7-9)10-5-6-11(13-10)12(14)15/h2-4,7,10-11,13H,5-6H2,1H3,(H,14,15)/t10-,11-/m0/s1. The SMILES string of the molecule is COc1cccc([C@@H]2CC[C@@H](C(=O)O)N2)c1. The number of carbonyl (C=O) groups is 1. The lowest BCUT2D eigenvalue weighted by Gasteiger charge is -2.13. The summed E-state index contributed by atoms with van der Waals surface area (Å²) in [6, 6.07) is 7.44. The fourth-order valence-electron chi connectivity index (χ4n) is 2.06. The van der Waals surface area contributed by atoms with Crippen molar-refractivity contribution in [2.45, 2.75) is 24.9 Å². The molecule has 1 heterocycles. The molecule has 1 saturated heterocycles. The van der Waals surface area contributed by atoms with Crippen LogP contribution in [-0.2, 0) is 4.79 Å². The van der Waals surface area contributed by atoms with E-state index >= 15 is 0 Å². The van der Waals surface area contributed by atoms with Gasteiger partial charge in [-0.3, -0.25) is 10.1 Å². The number of benzene rings is 1. The van der Waals surface area contributed by atoms with Crippen molar-refractivity contribution >= 4 is 5.97 Å². The van der Waals surface area contributed by atoms with E-state index in [0.29, 0.717) is 6.42 Å². The predicted molar refractivity (Wildman–Crippen MR) is 59.5 cm³/mol. The summed E-state index contributed by atoms with van der Waals surface area (Å²) in [6.45, 7) is 0. The van der Waals surface area contributed by atoms with Gasteiger partial charge in [0.05, 0.1) is 7.11 Å². The fourth-order valence-corrected chi connectivity index (χ4v) is 2.06. The molecule has 0 aromatic heterocycles. The highest BCUT2D eigenvalue weighted by molar-refractivity contribution is 5.73. The van der Waals surface area contributed by atoms with Crippen LogP contribution in [0.2, 0.25) is 0 Å². The summed E-state index contributed by atoms with van der Waals surface area (Å²) in [6.07, 6.45) is 1.53. The van der Waals surface area contributed by atoms with Gasteiger partial charge < -0.3 is 9.84 Å². The summed E-state index contributed by atoms with van der Waals surface area (Å²) in [7, 11) is 1.63. The van der Waals surface area contributed by atoms with Crippen LogP contribution < -0.4 is 10.1 Å². The van der Waals surface area contributed by atoms with Crippen molar-refractivity contribution in [3.05, 3.63) is 29.8 Å². The molecule has 86 valence electrons. The molecule has 4 heteroatoms. The number of hydrogen-bond acceptors (Lipinski definition) is 3. The average molecular weight is 221 g/mol.